The zero-order chi connectivity index (χ0) is 12.3. The lowest BCUT2D eigenvalue weighted by Gasteiger charge is -2.16. The largest absolute Gasteiger partial charge is 0.384 e. The van der Waals surface area contributed by atoms with Gasteiger partial charge < -0.3 is 5.11 Å². The Balaban J connectivity index is 2.14. The summed E-state index contributed by atoms with van der Waals surface area (Å²) in [6.07, 6.45) is 2.42. The second-order valence-corrected chi connectivity index (χ2v) is 4.41. The van der Waals surface area contributed by atoms with Crippen molar-refractivity contribution in [3.63, 3.8) is 0 Å². The first-order valence-electron chi connectivity index (χ1n) is 5.79. The summed E-state index contributed by atoms with van der Waals surface area (Å²) in [6, 6.07) is 10.1. The van der Waals surface area contributed by atoms with Gasteiger partial charge in [0.1, 0.15) is 11.3 Å². The smallest absolute Gasteiger partial charge is 0.114 e. The Morgan fingerprint density at radius 3 is 2.65 bits per heavy atom. The number of benzene rings is 1. The molecule has 0 fully saturated rings. The summed E-state index contributed by atoms with van der Waals surface area (Å²) in [5.74, 6) is 0. The molecular formula is C13H17N3O. The molecule has 1 atom stereocenters. The summed E-state index contributed by atoms with van der Waals surface area (Å²) in [4.78, 5) is 0. The third-order valence-corrected chi connectivity index (χ3v) is 2.97. The van der Waals surface area contributed by atoms with Crippen molar-refractivity contribution < 1.29 is 5.11 Å². The molecule has 0 spiro atoms. The predicted molar refractivity (Wildman–Crippen MR) is 65.4 cm³/mol. The van der Waals surface area contributed by atoms with Crippen molar-refractivity contribution in [3.8, 4) is 0 Å². The molecule has 2 aromatic rings. The van der Waals surface area contributed by atoms with Crippen LogP contribution in [0.15, 0.2) is 36.5 Å². The molecule has 0 aliphatic rings. The number of aromatic nitrogens is 3. The van der Waals surface area contributed by atoms with E-state index in [1.54, 1.807) is 17.8 Å². The van der Waals surface area contributed by atoms with Gasteiger partial charge in [0.2, 0.25) is 0 Å². The molecule has 0 amide bonds. The van der Waals surface area contributed by atoms with Crippen LogP contribution in [0.5, 0.6) is 0 Å². The topological polar surface area (TPSA) is 50.9 Å². The number of rotatable bonds is 4. The van der Waals surface area contributed by atoms with E-state index in [4.69, 9.17) is 0 Å². The van der Waals surface area contributed by atoms with Crippen LogP contribution in [-0.4, -0.2) is 20.1 Å². The first-order valence-corrected chi connectivity index (χ1v) is 5.79. The van der Waals surface area contributed by atoms with Gasteiger partial charge in [-0.15, -0.1) is 5.10 Å². The van der Waals surface area contributed by atoms with Gasteiger partial charge in [-0.1, -0.05) is 42.5 Å². The highest BCUT2D eigenvalue weighted by molar-refractivity contribution is 5.15. The van der Waals surface area contributed by atoms with Crippen LogP contribution in [-0.2, 0) is 12.1 Å². The lowest BCUT2D eigenvalue weighted by atomic mass is 10.0. The van der Waals surface area contributed by atoms with Crippen molar-refractivity contribution >= 4 is 0 Å². The second-order valence-electron chi connectivity index (χ2n) is 4.41. The Morgan fingerprint density at radius 1 is 1.29 bits per heavy atom. The Labute approximate surface area is 101 Å². The zero-order valence-corrected chi connectivity index (χ0v) is 10.2. The van der Waals surface area contributed by atoms with Crippen LogP contribution in [0.2, 0.25) is 0 Å². The van der Waals surface area contributed by atoms with E-state index in [9.17, 15) is 5.11 Å². The standard InChI is InChI=1S/C13H17N3O/c1-3-13(2,17)12-10-16(15-14-12)9-11-7-5-4-6-8-11/h4-8,10,17H,3,9H2,1-2H3. The quantitative estimate of drug-likeness (QED) is 0.875. The highest BCUT2D eigenvalue weighted by Gasteiger charge is 2.24. The van der Waals surface area contributed by atoms with Gasteiger partial charge >= 0.3 is 0 Å². The van der Waals surface area contributed by atoms with Crippen molar-refractivity contribution in [3.05, 3.63) is 47.8 Å². The molecule has 0 aliphatic heterocycles. The van der Waals surface area contributed by atoms with Gasteiger partial charge in [0.25, 0.3) is 0 Å². The minimum atomic E-state index is -0.894. The Morgan fingerprint density at radius 2 is 2.00 bits per heavy atom. The van der Waals surface area contributed by atoms with Crippen molar-refractivity contribution in [1.29, 1.82) is 0 Å². The highest BCUT2D eigenvalue weighted by atomic mass is 16.3. The summed E-state index contributed by atoms with van der Waals surface area (Å²) in [6.45, 7) is 4.35. The summed E-state index contributed by atoms with van der Waals surface area (Å²) in [7, 11) is 0. The van der Waals surface area contributed by atoms with E-state index in [2.05, 4.69) is 10.3 Å². The number of aliphatic hydroxyl groups is 1. The van der Waals surface area contributed by atoms with Crippen molar-refractivity contribution in [2.75, 3.05) is 0 Å². The summed E-state index contributed by atoms with van der Waals surface area (Å²) < 4.78 is 1.74. The molecule has 2 rings (SSSR count). The lowest BCUT2D eigenvalue weighted by molar-refractivity contribution is 0.0484. The second kappa shape index (κ2) is 4.67. The van der Waals surface area contributed by atoms with Crippen molar-refractivity contribution in [1.82, 2.24) is 15.0 Å². The Hall–Kier alpha value is -1.68. The van der Waals surface area contributed by atoms with E-state index in [1.165, 1.54) is 5.56 Å². The average Bonchev–Trinajstić information content (AvgIpc) is 2.80. The average molecular weight is 231 g/mol. The van der Waals surface area contributed by atoms with Gasteiger partial charge in [-0.3, -0.25) is 0 Å². The molecule has 0 saturated heterocycles. The summed E-state index contributed by atoms with van der Waals surface area (Å²) in [5, 5.41) is 18.1. The fourth-order valence-corrected chi connectivity index (χ4v) is 1.57. The van der Waals surface area contributed by atoms with E-state index in [-0.39, 0.29) is 0 Å². The summed E-state index contributed by atoms with van der Waals surface area (Å²) >= 11 is 0. The Kier molecular flexibility index (Phi) is 3.24. The van der Waals surface area contributed by atoms with E-state index in [1.807, 2.05) is 37.3 Å². The number of hydrogen-bond donors (Lipinski definition) is 1. The van der Waals surface area contributed by atoms with Gasteiger partial charge in [0, 0.05) is 0 Å². The number of hydrogen-bond acceptors (Lipinski definition) is 3. The molecule has 1 aromatic carbocycles. The molecule has 1 unspecified atom stereocenters. The summed E-state index contributed by atoms with van der Waals surface area (Å²) in [5.41, 5.74) is 0.894. The van der Waals surface area contributed by atoms with E-state index >= 15 is 0 Å². The van der Waals surface area contributed by atoms with E-state index in [0.29, 0.717) is 18.7 Å². The molecule has 1 aromatic heterocycles. The molecule has 0 radical (unpaired) electrons. The van der Waals surface area contributed by atoms with Crippen LogP contribution in [0, 0.1) is 0 Å². The number of nitrogens with zero attached hydrogens (tertiary/aromatic N) is 3. The molecule has 4 nitrogen and oxygen atoms in total. The molecule has 1 N–H and O–H groups in total. The molecule has 90 valence electrons. The Bertz CT molecular complexity index is 476. The third-order valence-electron chi connectivity index (χ3n) is 2.97. The fraction of sp³-hybridized carbons (Fsp3) is 0.385. The van der Waals surface area contributed by atoms with Gasteiger partial charge in [-0.2, -0.15) is 0 Å². The van der Waals surface area contributed by atoms with Gasteiger partial charge in [0.15, 0.2) is 0 Å². The maximum absolute atomic E-state index is 10.1. The SMILES string of the molecule is CCC(C)(O)c1cn(Cc2ccccc2)nn1. The highest BCUT2D eigenvalue weighted by Crippen LogP contribution is 2.21. The van der Waals surface area contributed by atoms with Crippen LogP contribution >= 0.6 is 0 Å². The third kappa shape index (κ3) is 2.71. The van der Waals surface area contributed by atoms with Crippen molar-refractivity contribution in [2.24, 2.45) is 0 Å². The maximum atomic E-state index is 10.1. The monoisotopic (exact) mass is 231 g/mol. The molecule has 4 heteroatoms. The maximum Gasteiger partial charge on any atom is 0.114 e. The lowest BCUT2D eigenvalue weighted by Crippen LogP contribution is -2.20. The normalized spacial score (nSPS) is 14.5. The van der Waals surface area contributed by atoms with Crippen molar-refractivity contribution in [2.45, 2.75) is 32.4 Å². The minimum Gasteiger partial charge on any atom is -0.384 e. The van der Waals surface area contributed by atoms with Crippen LogP contribution in [0.3, 0.4) is 0 Å². The molecule has 0 saturated carbocycles. The van der Waals surface area contributed by atoms with Crippen LogP contribution in [0.4, 0.5) is 0 Å². The fourth-order valence-electron chi connectivity index (χ4n) is 1.57. The van der Waals surface area contributed by atoms with E-state index in [0.717, 1.165) is 0 Å². The zero-order valence-electron chi connectivity index (χ0n) is 10.2. The van der Waals surface area contributed by atoms with Crippen LogP contribution < -0.4 is 0 Å². The van der Waals surface area contributed by atoms with Crippen LogP contribution in [0.1, 0.15) is 31.5 Å². The van der Waals surface area contributed by atoms with Gasteiger partial charge in [0.05, 0.1) is 12.7 Å². The van der Waals surface area contributed by atoms with Crippen LogP contribution in [0.25, 0.3) is 0 Å². The molecule has 1 heterocycles. The van der Waals surface area contributed by atoms with Gasteiger partial charge in [-0.25, -0.2) is 4.68 Å². The molecular weight excluding hydrogens is 214 g/mol. The minimum absolute atomic E-state index is 0.621. The predicted octanol–water partition coefficient (Wildman–Crippen LogP) is 1.94. The first kappa shape index (κ1) is 11.8. The van der Waals surface area contributed by atoms with Gasteiger partial charge in [-0.05, 0) is 18.9 Å². The molecule has 17 heavy (non-hydrogen) atoms. The first-order chi connectivity index (χ1) is 8.12. The molecule has 0 bridgehead atoms. The van der Waals surface area contributed by atoms with E-state index < -0.39 is 5.60 Å². The molecule has 0 aliphatic carbocycles.